The summed E-state index contributed by atoms with van der Waals surface area (Å²) in [6.45, 7) is 2.77. The fraction of sp³-hybridized carbons (Fsp3) is 0.459. The number of phenolic OH excluding ortho intramolecular Hbond substituents is 1. The zero-order valence-electron chi connectivity index (χ0n) is 28.7. The molecule has 0 aromatic heterocycles. The van der Waals surface area contributed by atoms with Gasteiger partial charge in [0.2, 0.25) is 17.7 Å². The third kappa shape index (κ3) is 12.8. The van der Waals surface area contributed by atoms with Crippen molar-refractivity contribution in [1.82, 2.24) is 15.5 Å². The van der Waals surface area contributed by atoms with Crippen molar-refractivity contribution in [2.75, 3.05) is 6.54 Å². The summed E-state index contributed by atoms with van der Waals surface area (Å²) in [4.78, 5) is 103. The zero-order chi connectivity index (χ0) is 37.7. The lowest BCUT2D eigenvalue weighted by Gasteiger charge is -2.28. The monoisotopic (exact) mass is 707 g/mol. The number of benzene rings is 2. The van der Waals surface area contributed by atoms with E-state index in [-0.39, 0.29) is 37.3 Å². The fourth-order valence-corrected chi connectivity index (χ4v) is 6.30. The molecule has 0 saturated carbocycles. The minimum absolute atomic E-state index is 0.0403. The van der Waals surface area contributed by atoms with Crippen LogP contribution >= 0.6 is 0 Å². The summed E-state index contributed by atoms with van der Waals surface area (Å²) in [5.74, 6) is -8.32. The van der Waals surface area contributed by atoms with Crippen LogP contribution in [-0.4, -0.2) is 91.9 Å². The SMILES string of the molecule is CC(=O)NC(CCC(=O)O)C(=O)CC(Cc1ccccc1)C(=O)NC(Cc1ccc(O)cc1)C(=O)CC(CC(=O)O)C(=O)N1CCCC1C(C)=O. The molecule has 14 nitrogen and oxygen atoms in total. The Kier molecular flexibility index (Phi) is 15.0. The number of hydrogen-bond donors (Lipinski definition) is 5. The second kappa shape index (κ2) is 19.1. The summed E-state index contributed by atoms with van der Waals surface area (Å²) >= 11 is 0. The number of ketones is 3. The molecule has 1 fully saturated rings. The van der Waals surface area contributed by atoms with E-state index in [2.05, 4.69) is 10.6 Å². The van der Waals surface area contributed by atoms with Crippen LogP contribution in [0.25, 0.3) is 0 Å². The Bertz CT molecular complexity index is 1590. The van der Waals surface area contributed by atoms with Gasteiger partial charge in [0, 0.05) is 38.6 Å². The quantitative estimate of drug-likeness (QED) is 0.134. The summed E-state index contributed by atoms with van der Waals surface area (Å²) in [5.41, 5.74) is 1.21. The third-order valence-electron chi connectivity index (χ3n) is 8.86. The maximum Gasteiger partial charge on any atom is 0.304 e. The lowest BCUT2D eigenvalue weighted by molar-refractivity contribution is -0.147. The highest BCUT2D eigenvalue weighted by Crippen LogP contribution is 2.25. The molecule has 1 heterocycles. The van der Waals surface area contributed by atoms with Crippen molar-refractivity contribution in [1.29, 1.82) is 0 Å². The molecule has 1 saturated heterocycles. The van der Waals surface area contributed by atoms with Gasteiger partial charge in [-0.2, -0.15) is 0 Å². The zero-order valence-corrected chi connectivity index (χ0v) is 28.7. The summed E-state index contributed by atoms with van der Waals surface area (Å²) in [6, 6.07) is 11.4. The van der Waals surface area contributed by atoms with Crippen molar-refractivity contribution in [3.63, 3.8) is 0 Å². The normalized spacial score (nSPS) is 16.3. The van der Waals surface area contributed by atoms with Gasteiger partial charge in [-0.1, -0.05) is 42.5 Å². The molecule has 274 valence electrons. The number of likely N-dealkylation sites (tertiary alicyclic amines) is 1. The summed E-state index contributed by atoms with van der Waals surface area (Å²) in [5, 5.41) is 33.8. The molecule has 1 aliphatic rings. The molecule has 5 N–H and O–H groups in total. The molecule has 3 amide bonds. The maximum absolute atomic E-state index is 14.0. The predicted octanol–water partition coefficient (Wildman–Crippen LogP) is 2.24. The van der Waals surface area contributed by atoms with E-state index in [0.29, 0.717) is 24.0 Å². The Morgan fingerprint density at radius 3 is 1.94 bits per heavy atom. The minimum Gasteiger partial charge on any atom is -0.508 e. The summed E-state index contributed by atoms with van der Waals surface area (Å²) < 4.78 is 0. The number of rotatable bonds is 20. The Morgan fingerprint density at radius 2 is 1.35 bits per heavy atom. The van der Waals surface area contributed by atoms with Crippen LogP contribution in [0, 0.1) is 11.8 Å². The number of carboxylic acid groups (broad SMARTS) is 2. The van der Waals surface area contributed by atoms with E-state index in [0.717, 1.165) is 0 Å². The number of hydrogen-bond acceptors (Lipinski definition) is 9. The van der Waals surface area contributed by atoms with Crippen molar-refractivity contribution in [2.24, 2.45) is 11.8 Å². The number of phenols is 1. The summed E-state index contributed by atoms with van der Waals surface area (Å²) in [6.07, 6.45) is -1.34. The van der Waals surface area contributed by atoms with Gasteiger partial charge in [0.15, 0.2) is 17.3 Å². The van der Waals surface area contributed by atoms with Crippen molar-refractivity contribution in [3.05, 3.63) is 65.7 Å². The van der Waals surface area contributed by atoms with Crippen LogP contribution < -0.4 is 10.6 Å². The van der Waals surface area contributed by atoms with Gasteiger partial charge in [-0.15, -0.1) is 0 Å². The first-order valence-corrected chi connectivity index (χ1v) is 16.8. The van der Waals surface area contributed by atoms with Gasteiger partial charge in [0.1, 0.15) is 5.75 Å². The average molecular weight is 708 g/mol. The van der Waals surface area contributed by atoms with Crippen molar-refractivity contribution in [2.45, 2.75) is 89.8 Å². The summed E-state index contributed by atoms with van der Waals surface area (Å²) in [7, 11) is 0. The van der Waals surface area contributed by atoms with Crippen LogP contribution in [0.5, 0.6) is 5.75 Å². The van der Waals surface area contributed by atoms with Crippen molar-refractivity contribution in [3.8, 4) is 5.75 Å². The number of nitrogens with one attached hydrogen (secondary N) is 2. The largest absolute Gasteiger partial charge is 0.508 e. The second-order valence-electron chi connectivity index (χ2n) is 12.9. The van der Waals surface area contributed by atoms with Crippen LogP contribution in [0.15, 0.2) is 54.6 Å². The number of carboxylic acids is 2. The van der Waals surface area contributed by atoms with E-state index in [1.165, 1.54) is 43.0 Å². The molecule has 0 aliphatic carbocycles. The van der Waals surface area contributed by atoms with Crippen LogP contribution in [-0.2, 0) is 51.2 Å². The number of aliphatic carboxylic acids is 2. The molecule has 5 unspecified atom stereocenters. The number of carbonyl (C=O) groups excluding carboxylic acids is 6. The Balaban J connectivity index is 1.93. The van der Waals surface area contributed by atoms with E-state index in [4.69, 9.17) is 5.11 Å². The number of Topliss-reactive ketones (excluding diaryl/α,β-unsaturated/α-hetero) is 3. The average Bonchev–Trinajstić information content (AvgIpc) is 3.57. The molecule has 0 spiro atoms. The van der Waals surface area contributed by atoms with E-state index >= 15 is 0 Å². The lowest BCUT2D eigenvalue weighted by Crippen LogP contribution is -2.49. The van der Waals surface area contributed by atoms with Gasteiger partial charge in [0.25, 0.3) is 0 Å². The highest BCUT2D eigenvalue weighted by atomic mass is 16.4. The van der Waals surface area contributed by atoms with Gasteiger partial charge in [-0.25, -0.2) is 0 Å². The molecular weight excluding hydrogens is 662 g/mol. The van der Waals surface area contributed by atoms with E-state index in [1.807, 2.05) is 0 Å². The molecule has 2 aromatic rings. The molecule has 1 aliphatic heterocycles. The highest BCUT2D eigenvalue weighted by Gasteiger charge is 2.38. The Labute approximate surface area is 295 Å². The standard InChI is InChI=1S/C37H45N3O11/c1-22(41)31-9-6-16-40(31)37(51)27(21-35(48)49)20-33(45)30(18-25-10-12-28(43)13-11-25)39-36(50)26(17-24-7-4-3-5-8-24)19-32(44)29(38-23(2)42)14-15-34(46)47/h3-5,7-8,10-13,26-27,29-31,43H,6,9,14-21H2,1-2H3,(H,38,42)(H,39,50)(H,46,47)(H,48,49). The first-order chi connectivity index (χ1) is 24.1. The Hall–Kier alpha value is -5.40. The van der Waals surface area contributed by atoms with Crippen molar-refractivity contribution < 1.29 is 53.7 Å². The van der Waals surface area contributed by atoms with Gasteiger partial charge in [-0.05, 0) is 62.3 Å². The number of amides is 3. The van der Waals surface area contributed by atoms with Gasteiger partial charge >= 0.3 is 11.9 Å². The van der Waals surface area contributed by atoms with Gasteiger partial charge in [-0.3, -0.25) is 38.4 Å². The first kappa shape index (κ1) is 40.0. The Morgan fingerprint density at radius 1 is 0.745 bits per heavy atom. The van der Waals surface area contributed by atoms with Gasteiger partial charge < -0.3 is 30.9 Å². The molecule has 0 bridgehead atoms. The molecule has 5 atom stereocenters. The van der Waals surface area contributed by atoms with Crippen molar-refractivity contribution >= 4 is 47.0 Å². The van der Waals surface area contributed by atoms with Crippen LogP contribution in [0.4, 0.5) is 0 Å². The highest BCUT2D eigenvalue weighted by molar-refractivity contribution is 5.97. The molecule has 2 aromatic carbocycles. The predicted molar refractivity (Wildman–Crippen MR) is 182 cm³/mol. The maximum atomic E-state index is 14.0. The van der Waals surface area contributed by atoms with E-state index in [1.54, 1.807) is 30.3 Å². The fourth-order valence-electron chi connectivity index (χ4n) is 6.30. The second-order valence-corrected chi connectivity index (χ2v) is 12.9. The first-order valence-electron chi connectivity index (χ1n) is 16.8. The number of aromatic hydroxyl groups is 1. The third-order valence-corrected chi connectivity index (χ3v) is 8.86. The minimum atomic E-state index is -1.32. The number of nitrogens with zero attached hydrogens (tertiary/aromatic N) is 1. The topological polar surface area (TPSA) is 225 Å². The molecule has 51 heavy (non-hydrogen) atoms. The molecule has 0 radical (unpaired) electrons. The van der Waals surface area contributed by atoms with E-state index in [9.17, 15) is 48.6 Å². The van der Waals surface area contributed by atoms with E-state index < -0.39 is 96.9 Å². The van der Waals surface area contributed by atoms with Gasteiger partial charge in [0.05, 0.1) is 30.5 Å². The van der Waals surface area contributed by atoms with Crippen LogP contribution in [0.2, 0.25) is 0 Å². The lowest BCUT2D eigenvalue weighted by atomic mass is 9.88. The molecule has 14 heteroatoms. The number of carbonyl (C=O) groups is 8. The van der Waals surface area contributed by atoms with Crippen LogP contribution in [0.1, 0.15) is 69.9 Å². The molecular formula is C37H45N3O11. The smallest absolute Gasteiger partial charge is 0.304 e. The molecule has 3 rings (SSSR count). The van der Waals surface area contributed by atoms with Crippen LogP contribution in [0.3, 0.4) is 0 Å².